The van der Waals surface area contributed by atoms with E-state index in [2.05, 4.69) is 9.88 Å². The lowest BCUT2D eigenvalue weighted by Gasteiger charge is -2.36. The van der Waals surface area contributed by atoms with Gasteiger partial charge in [-0.3, -0.25) is 4.39 Å². The summed E-state index contributed by atoms with van der Waals surface area (Å²) in [6, 6.07) is 3.66. The Hall–Kier alpha value is -1.36. The maximum Gasteiger partial charge on any atom is 0.128 e. The van der Waals surface area contributed by atoms with Gasteiger partial charge in [-0.25, -0.2) is 4.98 Å². The van der Waals surface area contributed by atoms with Crippen molar-refractivity contribution in [3.8, 4) is 0 Å². The first-order chi connectivity index (χ1) is 8.20. The molecule has 0 amide bonds. The molecule has 0 bridgehead atoms. The molecule has 2 rings (SSSR count). The van der Waals surface area contributed by atoms with Crippen molar-refractivity contribution in [1.82, 2.24) is 4.98 Å². The lowest BCUT2D eigenvalue weighted by molar-refractivity contribution is 0.0792. The predicted molar refractivity (Wildman–Crippen MR) is 65.6 cm³/mol. The Labute approximate surface area is 100 Å². The van der Waals surface area contributed by atoms with Crippen LogP contribution in [-0.2, 0) is 0 Å². The Morgan fingerprint density at radius 2 is 2.35 bits per heavy atom. The molecular weight excluding hydrogens is 221 g/mol. The Kier molecular flexibility index (Phi) is 3.78. The average Bonchev–Trinajstić information content (AvgIpc) is 2.33. The molecule has 0 aliphatic carbocycles. The summed E-state index contributed by atoms with van der Waals surface area (Å²) < 4.78 is 12.4. The van der Waals surface area contributed by atoms with Crippen molar-refractivity contribution in [2.24, 2.45) is 5.92 Å². The largest absolute Gasteiger partial charge is 0.397 e. The van der Waals surface area contributed by atoms with Crippen LogP contribution in [0.3, 0.4) is 0 Å². The van der Waals surface area contributed by atoms with Gasteiger partial charge < -0.3 is 15.7 Å². The molecule has 3 N–H and O–H groups in total. The second-order valence-electron chi connectivity index (χ2n) is 4.49. The Morgan fingerprint density at radius 3 is 3.00 bits per heavy atom. The summed E-state index contributed by atoms with van der Waals surface area (Å²) in [6.45, 7) is 1.02. The number of hydrogen-bond donors (Lipinski definition) is 2. The number of anilines is 2. The molecular formula is C12H18FN3O. The Bertz CT molecular complexity index is 357. The van der Waals surface area contributed by atoms with E-state index in [1.807, 2.05) is 6.07 Å². The van der Waals surface area contributed by atoms with E-state index in [4.69, 9.17) is 5.73 Å². The van der Waals surface area contributed by atoms with Gasteiger partial charge in [-0.15, -0.1) is 0 Å². The number of aliphatic hydroxyl groups excluding tert-OH is 1. The first kappa shape index (κ1) is 12.1. The molecule has 2 atom stereocenters. The highest BCUT2D eigenvalue weighted by Crippen LogP contribution is 2.24. The molecule has 17 heavy (non-hydrogen) atoms. The van der Waals surface area contributed by atoms with E-state index >= 15 is 0 Å². The number of rotatable bonds is 3. The normalized spacial score (nSPS) is 24.9. The van der Waals surface area contributed by atoms with Crippen molar-refractivity contribution in [2.75, 3.05) is 30.4 Å². The van der Waals surface area contributed by atoms with E-state index in [1.54, 1.807) is 12.3 Å². The zero-order valence-electron chi connectivity index (χ0n) is 9.72. The van der Waals surface area contributed by atoms with Crippen molar-refractivity contribution in [3.05, 3.63) is 18.3 Å². The van der Waals surface area contributed by atoms with E-state index in [1.165, 1.54) is 0 Å². The first-order valence-corrected chi connectivity index (χ1v) is 5.91. The van der Waals surface area contributed by atoms with Crippen molar-refractivity contribution < 1.29 is 9.50 Å². The number of nitrogen functional groups attached to an aromatic ring is 1. The van der Waals surface area contributed by atoms with Crippen molar-refractivity contribution in [3.63, 3.8) is 0 Å². The molecule has 1 aromatic heterocycles. The van der Waals surface area contributed by atoms with Crippen LogP contribution in [0.15, 0.2) is 18.3 Å². The summed E-state index contributed by atoms with van der Waals surface area (Å²) in [6.07, 6.45) is 2.30. The van der Waals surface area contributed by atoms with Crippen LogP contribution in [0.4, 0.5) is 15.9 Å². The number of aromatic nitrogens is 1. The van der Waals surface area contributed by atoms with Crippen LogP contribution in [0.25, 0.3) is 0 Å². The summed E-state index contributed by atoms with van der Waals surface area (Å²) in [5.41, 5.74) is 6.21. The zero-order valence-corrected chi connectivity index (χ0v) is 9.72. The van der Waals surface area contributed by atoms with Gasteiger partial charge in [-0.2, -0.15) is 0 Å². The van der Waals surface area contributed by atoms with Gasteiger partial charge in [0, 0.05) is 19.0 Å². The van der Waals surface area contributed by atoms with Crippen LogP contribution in [0.5, 0.6) is 0 Å². The van der Waals surface area contributed by atoms with E-state index in [-0.39, 0.29) is 12.6 Å². The molecule has 94 valence electrons. The molecule has 1 saturated heterocycles. The van der Waals surface area contributed by atoms with Crippen LogP contribution in [0, 0.1) is 5.92 Å². The fourth-order valence-corrected chi connectivity index (χ4v) is 2.24. The monoisotopic (exact) mass is 239 g/mol. The molecule has 4 nitrogen and oxygen atoms in total. The third-order valence-corrected chi connectivity index (χ3v) is 3.27. The number of alkyl halides is 1. The third kappa shape index (κ3) is 2.85. The topological polar surface area (TPSA) is 62.4 Å². The van der Waals surface area contributed by atoms with Gasteiger partial charge in [0.25, 0.3) is 0 Å². The maximum absolute atomic E-state index is 12.4. The maximum atomic E-state index is 12.4. The van der Waals surface area contributed by atoms with Crippen LogP contribution in [-0.4, -0.2) is 36.0 Å². The van der Waals surface area contributed by atoms with E-state index in [9.17, 15) is 9.50 Å². The summed E-state index contributed by atoms with van der Waals surface area (Å²) in [7, 11) is 0. The SMILES string of the molecule is Nc1ccc(N2CC[C@H](O)[C@H](CCF)C2)nc1. The quantitative estimate of drug-likeness (QED) is 0.832. The lowest BCUT2D eigenvalue weighted by atomic mass is 9.92. The van der Waals surface area contributed by atoms with Crippen molar-refractivity contribution in [2.45, 2.75) is 18.9 Å². The van der Waals surface area contributed by atoms with Gasteiger partial charge in [0.15, 0.2) is 0 Å². The van der Waals surface area contributed by atoms with Crippen LogP contribution in [0.1, 0.15) is 12.8 Å². The summed E-state index contributed by atoms with van der Waals surface area (Å²) in [5, 5.41) is 9.78. The first-order valence-electron chi connectivity index (χ1n) is 5.91. The molecule has 1 aromatic rings. The minimum Gasteiger partial charge on any atom is -0.397 e. The molecule has 0 unspecified atom stereocenters. The minimum atomic E-state index is -0.393. The molecule has 0 aromatic carbocycles. The molecule has 2 heterocycles. The highest BCUT2D eigenvalue weighted by Gasteiger charge is 2.27. The number of aliphatic hydroxyl groups is 1. The fourth-order valence-electron chi connectivity index (χ4n) is 2.24. The number of halogens is 1. The van der Waals surface area contributed by atoms with E-state index in [0.717, 1.165) is 12.4 Å². The molecule has 0 radical (unpaired) electrons. The summed E-state index contributed by atoms with van der Waals surface area (Å²) >= 11 is 0. The van der Waals surface area contributed by atoms with Gasteiger partial charge in [0.05, 0.1) is 24.7 Å². The highest BCUT2D eigenvalue weighted by molar-refractivity contribution is 5.46. The Morgan fingerprint density at radius 1 is 1.53 bits per heavy atom. The molecule has 0 spiro atoms. The van der Waals surface area contributed by atoms with Gasteiger partial charge >= 0.3 is 0 Å². The zero-order chi connectivity index (χ0) is 12.3. The van der Waals surface area contributed by atoms with Crippen LogP contribution >= 0.6 is 0 Å². The standard InChI is InChI=1S/C12H18FN3O/c13-5-3-9-8-16(6-4-11(9)17)12-2-1-10(14)7-15-12/h1-2,7,9,11,17H,3-6,8,14H2/t9-,11+/m1/s1. The number of nitrogens with two attached hydrogens (primary N) is 1. The van der Waals surface area contributed by atoms with E-state index in [0.29, 0.717) is 25.1 Å². The highest BCUT2D eigenvalue weighted by atomic mass is 19.1. The molecule has 1 fully saturated rings. The minimum absolute atomic E-state index is 0.00639. The number of nitrogens with zero attached hydrogens (tertiary/aromatic N) is 2. The predicted octanol–water partition coefficient (Wildman–Crippen LogP) is 1.21. The van der Waals surface area contributed by atoms with Gasteiger partial charge in [-0.1, -0.05) is 0 Å². The van der Waals surface area contributed by atoms with Crippen LogP contribution in [0.2, 0.25) is 0 Å². The smallest absolute Gasteiger partial charge is 0.128 e. The van der Waals surface area contributed by atoms with Gasteiger partial charge in [0.2, 0.25) is 0 Å². The Balaban J connectivity index is 2.04. The van der Waals surface area contributed by atoms with Crippen molar-refractivity contribution >= 4 is 11.5 Å². The van der Waals surface area contributed by atoms with Crippen LogP contribution < -0.4 is 10.6 Å². The molecule has 1 aliphatic rings. The summed E-state index contributed by atoms with van der Waals surface area (Å²) in [4.78, 5) is 6.32. The number of hydrogen-bond acceptors (Lipinski definition) is 4. The van der Waals surface area contributed by atoms with Gasteiger partial charge in [-0.05, 0) is 25.0 Å². The van der Waals surface area contributed by atoms with Crippen molar-refractivity contribution in [1.29, 1.82) is 0 Å². The number of pyridine rings is 1. The number of piperidine rings is 1. The third-order valence-electron chi connectivity index (χ3n) is 3.27. The second kappa shape index (κ2) is 5.31. The van der Waals surface area contributed by atoms with E-state index < -0.39 is 6.10 Å². The lowest BCUT2D eigenvalue weighted by Crippen LogP contribution is -2.43. The molecule has 1 aliphatic heterocycles. The second-order valence-corrected chi connectivity index (χ2v) is 4.49. The molecule has 5 heteroatoms. The van der Waals surface area contributed by atoms with Gasteiger partial charge in [0.1, 0.15) is 5.82 Å². The molecule has 0 saturated carbocycles. The summed E-state index contributed by atoms with van der Waals surface area (Å²) in [5.74, 6) is 0.836. The average molecular weight is 239 g/mol. The fraction of sp³-hybridized carbons (Fsp3) is 0.583.